The highest BCUT2D eigenvalue weighted by atomic mass is 35.5. The number of para-hydroxylation sites is 1. The molecule has 1 atom stereocenters. The van der Waals surface area contributed by atoms with Crippen molar-refractivity contribution in [3.8, 4) is 0 Å². The van der Waals surface area contributed by atoms with E-state index in [-0.39, 0.29) is 11.6 Å². The Balaban J connectivity index is 1.81. The molecular weight excluding hydrogens is 336 g/mol. The number of benzene rings is 1. The minimum Gasteiger partial charge on any atom is -0.288 e. The molecule has 2 heterocycles. The Hall–Kier alpha value is -2.14. The van der Waals surface area contributed by atoms with Gasteiger partial charge in [0.15, 0.2) is 5.82 Å². The zero-order chi connectivity index (χ0) is 17.4. The molecule has 0 spiro atoms. The van der Waals surface area contributed by atoms with Crippen molar-refractivity contribution < 1.29 is 0 Å². The van der Waals surface area contributed by atoms with Crippen LogP contribution in [0.15, 0.2) is 40.2 Å². The third kappa shape index (κ3) is 2.97. The first kappa shape index (κ1) is 16.3. The quantitative estimate of drug-likeness (QED) is 0.606. The van der Waals surface area contributed by atoms with Gasteiger partial charge in [0, 0.05) is 23.4 Å². The summed E-state index contributed by atoms with van der Waals surface area (Å²) in [6.07, 6.45) is 5.52. The van der Waals surface area contributed by atoms with Crippen molar-refractivity contribution in [2.45, 2.75) is 51.5 Å². The molecule has 130 valence electrons. The van der Waals surface area contributed by atoms with E-state index in [0.29, 0.717) is 5.82 Å². The molecule has 1 aromatic carbocycles. The number of aryl methyl sites for hydroxylation is 1. The van der Waals surface area contributed by atoms with Crippen LogP contribution in [-0.2, 0) is 12.8 Å². The lowest BCUT2D eigenvalue weighted by Crippen LogP contribution is -2.38. The summed E-state index contributed by atoms with van der Waals surface area (Å²) in [7, 11) is 0. The summed E-state index contributed by atoms with van der Waals surface area (Å²) in [5.74, 6) is 0.686. The third-order valence-corrected chi connectivity index (χ3v) is 5.33. The first-order valence-corrected chi connectivity index (χ1v) is 9.22. The van der Waals surface area contributed by atoms with E-state index >= 15 is 0 Å². The molecule has 0 fully saturated rings. The number of hydrogen-bond acceptors (Lipinski definition) is 4. The minimum atomic E-state index is 0.112. The largest absolute Gasteiger partial charge is 0.288 e. The van der Waals surface area contributed by atoms with Crippen LogP contribution < -0.4 is 10.1 Å². The van der Waals surface area contributed by atoms with Crippen molar-refractivity contribution in [1.82, 2.24) is 9.55 Å². The van der Waals surface area contributed by atoms with Crippen LogP contribution in [0.25, 0.3) is 0 Å². The van der Waals surface area contributed by atoms with Crippen molar-refractivity contribution in [3.63, 3.8) is 0 Å². The number of hydrogen-bond donors (Lipinski definition) is 0. The van der Waals surface area contributed by atoms with Gasteiger partial charge in [-0.05, 0) is 57.6 Å². The van der Waals surface area contributed by atoms with Crippen LogP contribution in [0.4, 0.5) is 5.69 Å². The maximum atomic E-state index is 13.0. The number of hydrazone groups is 1. The topological polar surface area (TPSA) is 50.5 Å². The molecule has 1 aliphatic heterocycles. The van der Waals surface area contributed by atoms with Gasteiger partial charge in [0.2, 0.25) is 0 Å². The molecule has 4 rings (SSSR count). The van der Waals surface area contributed by atoms with Gasteiger partial charge >= 0.3 is 0 Å². The lowest BCUT2D eigenvalue weighted by molar-refractivity contribution is 0.460. The first-order chi connectivity index (χ1) is 12.1. The van der Waals surface area contributed by atoms with E-state index < -0.39 is 0 Å². The number of fused-ring (bicyclic) bond motifs is 2. The lowest BCUT2D eigenvalue weighted by atomic mass is 9.95. The lowest BCUT2D eigenvalue weighted by Gasteiger charge is -2.28. The summed E-state index contributed by atoms with van der Waals surface area (Å²) < 4.78 is 3.17. The maximum Gasteiger partial charge on any atom is 0.257 e. The molecular formula is C19H21ClN4O. The van der Waals surface area contributed by atoms with Crippen LogP contribution in [-0.4, -0.2) is 15.3 Å². The monoisotopic (exact) mass is 356 g/mol. The Morgan fingerprint density at radius 1 is 1.20 bits per heavy atom. The fourth-order valence-electron chi connectivity index (χ4n) is 3.67. The van der Waals surface area contributed by atoms with Gasteiger partial charge in [0.05, 0.1) is 11.4 Å². The number of rotatable bonds is 2. The Morgan fingerprint density at radius 2 is 1.96 bits per heavy atom. The van der Waals surface area contributed by atoms with Crippen LogP contribution in [0.2, 0.25) is 0 Å². The fourth-order valence-corrected chi connectivity index (χ4v) is 3.88. The van der Waals surface area contributed by atoms with E-state index in [1.165, 1.54) is 4.53 Å². The van der Waals surface area contributed by atoms with Crippen LogP contribution >= 0.6 is 11.8 Å². The molecule has 25 heavy (non-hydrogen) atoms. The zero-order valence-electron chi connectivity index (χ0n) is 14.3. The second kappa shape index (κ2) is 6.64. The van der Waals surface area contributed by atoms with Gasteiger partial charge in [-0.1, -0.05) is 18.2 Å². The standard InChI is InChI=1S/C19H21ClN4O/c1-13-11-12-17(22-24(20)14-7-3-2-4-8-14)18-21-16-10-6-5-9-15(16)19(25)23(13)18/h2-4,7-8,13H,5-6,9-12H2,1H3. The SMILES string of the molecule is CC1CCC(=NN(Cl)c2ccccc2)c2nc3c(c(=O)n21)CCCC3. The van der Waals surface area contributed by atoms with Crippen LogP contribution in [0.5, 0.6) is 0 Å². The summed E-state index contributed by atoms with van der Waals surface area (Å²) in [6, 6.07) is 9.71. The highest BCUT2D eigenvalue weighted by molar-refractivity contribution is 6.26. The fraction of sp³-hybridized carbons (Fsp3) is 0.421. The Bertz CT molecular complexity index is 875. The molecule has 6 heteroatoms. The number of anilines is 1. The number of halogens is 1. The molecule has 0 saturated carbocycles. The highest BCUT2D eigenvalue weighted by Gasteiger charge is 2.28. The number of aromatic nitrogens is 2. The summed E-state index contributed by atoms with van der Waals surface area (Å²) >= 11 is 6.36. The van der Waals surface area contributed by atoms with Crippen molar-refractivity contribution in [2.75, 3.05) is 4.53 Å². The molecule has 2 aliphatic rings. The van der Waals surface area contributed by atoms with Gasteiger partial charge in [0.1, 0.15) is 5.71 Å². The van der Waals surface area contributed by atoms with E-state index in [1.54, 1.807) is 0 Å². The molecule has 0 radical (unpaired) electrons. The number of nitrogens with zero attached hydrogens (tertiary/aromatic N) is 4. The van der Waals surface area contributed by atoms with Gasteiger partial charge in [-0.3, -0.25) is 9.36 Å². The summed E-state index contributed by atoms with van der Waals surface area (Å²) in [4.78, 5) is 17.8. The van der Waals surface area contributed by atoms with Gasteiger partial charge < -0.3 is 0 Å². The second-order valence-corrected chi connectivity index (χ2v) is 7.09. The predicted molar refractivity (Wildman–Crippen MR) is 100 cm³/mol. The normalized spacial score (nSPS) is 20.9. The van der Waals surface area contributed by atoms with Gasteiger partial charge in [0.25, 0.3) is 5.56 Å². The predicted octanol–water partition coefficient (Wildman–Crippen LogP) is 3.84. The molecule has 0 saturated heterocycles. The van der Waals surface area contributed by atoms with Crippen molar-refractivity contribution >= 4 is 23.2 Å². The minimum absolute atomic E-state index is 0.112. The van der Waals surface area contributed by atoms with Crippen molar-refractivity contribution in [1.29, 1.82) is 0 Å². The zero-order valence-corrected chi connectivity index (χ0v) is 15.0. The molecule has 0 N–H and O–H groups in total. The van der Waals surface area contributed by atoms with Gasteiger partial charge in [-0.15, -0.1) is 0 Å². The molecule has 1 aromatic heterocycles. The van der Waals surface area contributed by atoms with Gasteiger partial charge in [-0.2, -0.15) is 9.63 Å². The van der Waals surface area contributed by atoms with Crippen LogP contribution in [0, 0.1) is 0 Å². The average molecular weight is 357 g/mol. The maximum absolute atomic E-state index is 13.0. The van der Waals surface area contributed by atoms with Crippen molar-refractivity contribution in [2.24, 2.45) is 5.10 Å². The molecule has 5 nitrogen and oxygen atoms in total. The molecule has 0 amide bonds. The Kier molecular flexibility index (Phi) is 4.34. The molecule has 0 bridgehead atoms. The third-order valence-electron chi connectivity index (χ3n) is 5.06. The van der Waals surface area contributed by atoms with E-state index in [9.17, 15) is 4.79 Å². The van der Waals surface area contributed by atoms with Crippen LogP contribution in [0.3, 0.4) is 0 Å². The van der Waals surface area contributed by atoms with Crippen LogP contribution in [0.1, 0.15) is 55.7 Å². The van der Waals surface area contributed by atoms with E-state index in [4.69, 9.17) is 16.8 Å². The molecule has 2 aromatic rings. The molecule has 1 aliphatic carbocycles. The summed E-state index contributed by atoms with van der Waals surface area (Å²) in [6.45, 7) is 2.08. The first-order valence-electron chi connectivity index (χ1n) is 8.88. The van der Waals surface area contributed by atoms with E-state index in [2.05, 4.69) is 12.0 Å². The highest BCUT2D eigenvalue weighted by Crippen LogP contribution is 2.26. The summed E-state index contributed by atoms with van der Waals surface area (Å²) in [5.41, 5.74) is 3.53. The summed E-state index contributed by atoms with van der Waals surface area (Å²) in [5, 5.41) is 4.57. The van der Waals surface area contributed by atoms with E-state index in [1.807, 2.05) is 34.9 Å². The second-order valence-electron chi connectivity index (χ2n) is 6.77. The molecule has 1 unspecified atom stereocenters. The Morgan fingerprint density at radius 3 is 2.76 bits per heavy atom. The smallest absolute Gasteiger partial charge is 0.257 e. The van der Waals surface area contributed by atoms with Gasteiger partial charge in [-0.25, -0.2) is 4.98 Å². The Labute approximate surface area is 152 Å². The average Bonchev–Trinajstić information content (AvgIpc) is 2.65. The van der Waals surface area contributed by atoms with Crippen molar-refractivity contribution in [3.05, 3.63) is 57.8 Å². The van der Waals surface area contributed by atoms with E-state index in [0.717, 1.165) is 61.2 Å².